The van der Waals surface area contributed by atoms with Crippen molar-refractivity contribution in [1.29, 1.82) is 0 Å². The lowest BCUT2D eigenvalue weighted by molar-refractivity contribution is -0.146. The number of hydrogen-bond donors (Lipinski definition) is 3. The van der Waals surface area contributed by atoms with Crippen LogP contribution < -0.4 is 10.9 Å². The van der Waals surface area contributed by atoms with Crippen LogP contribution in [0.1, 0.15) is 24.8 Å². The number of carboxylic acids is 2. The highest BCUT2D eigenvalue weighted by Gasteiger charge is 2.76. The van der Waals surface area contributed by atoms with Gasteiger partial charge >= 0.3 is 18.1 Å². The van der Waals surface area contributed by atoms with Crippen LogP contribution in [0.15, 0.2) is 24.3 Å². The van der Waals surface area contributed by atoms with Crippen LogP contribution in [0.25, 0.3) is 0 Å². The molecular formula is C17H17F3N2O5. The van der Waals surface area contributed by atoms with E-state index in [1.165, 1.54) is 0 Å². The Balaban J connectivity index is 1.79. The summed E-state index contributed by atoms with van der Waals surface area (Å²) in [5.74, 6) is 0.336. The number of anilines is 1. The fourth-order valence-corrected chi connectivity index (χ4v) is 4.49. The summed E-state index contributed by atoms with van der Waals surface area (Å²) in [6, 6.07) is 3.61. The number of alkyl halides is 3. The summed E-state index contributed by atoms with van der Waals surface area (Å²) in [6.07, 6.45) is -4.24. The quantitative estimate of drug-likeness (QED) is 0.405. The van der Waals surface area contributed by atoms with Gasteiger partial charge in [0.15, 0.2) is 0 Å². The van der Waals surface area contributed by atoms with Crippen molar-refractivity contribution in [2.24, 2.45) is 29.0 Å². The van der Waals surface area contributed by atoms with E-state index in [4.69, 9.17) is 5.84 Å². The van der Waals surface area contributed by atoms with Gasteiger partial charge < -0.3 is 10.2 Å². The Morgan fingerprint density at radius 2 is 1.70 bits per heavy atom. The molecule has 2 aliphatic carbocycles. The Labute approximate surface area is 151 Å². The van der Waals surface area contributed by atoms with Crippen molar-refractivity contribution in [3.05, 3.63) is 29.8 Å². The van der Waals surface area contributed by atoms with E-state index in [0.717, 1.165) is 24.3 Å². The van der Waals surface area contributed by atoms with Gasteiger partial charge in [-0.25, -0.2) is 10.9 Å². The van der Waals surface area contributed by atoms with Crippen LogP contribution in [0, 0.1) is 23.2 Å². The summed E-state index contributed by atoms with van der Waals surface area (Å²) in [5.41, 5.74) is -2.10. The number of nitrogens with zero attached hydrogens (tertiary/aromatic N) is 1. The number of halogens is 3. The van der Waals surface area contributed by atoms with Crippen LogP contribution in [0.2, 0.25) is 0 Å². The van der Waals surface area contributed by atoms with Crippen molar-refractivity contribution in [3.8, 4) is 0 Å². The van der Waals surface area contributed by atoms with Crippen LogP contribution in [0.3, 0.4) is 0 Å². The standard InChI is InChI=1S/C17H17F3N2O5/c18-17(19,20)8-1-3-9(4-2-8)22(21)12(23)7-16-10(13(16)15(26)27)5-6-11(16)14(24)25/h1-4,10-11,13H,5-7,21H2,(H,24,25)(H,26,27). The van der Waals surface area contributed by atoms with E-state index in [0.29, 0.717) is 11.4 Å². The Morgan fingerprint density at radius 1 is 1.11 bits per heavy atom. The van der Waals surface area contributed by atoms with Crippen LogP contribution in [-0.2, 0) is 20.6 Å². The molecule has 2 saturated carbocycles. The van der Waals surface area contributed by atoms with Crippen LogP contribution in [-0.4, -0.2) is 28.1 Å². The van der Waals surface area contributed by atoms with Crippen LogP contribution in [0.5, 0.6) is 0 Å². The molecule has 3 rings (SSSR count). The van der Waals surface area contributed by atoms with E-state index >= 15 is 0 Å². The van der Waals surface area contributed by atoms with Gasteiger partial charge in [0.25, 0.3) is 0 Å². The number of amides is 1. The maximum absolute atomic E-state index is 12.6. The number of aliphatic carboxylic acids is 2. The maximum atomic E-state index is 12.6. The highest BCUT2D eigenvalue weighted by atomic mass is 19.4. The lowest BCUT2D eigenvalue weighted by Gasteiger charge is -2.24. The topological polar surface area (TPSA) is 121 Å². The third kappa shape index (κ3) is 3.03. The molecule has 146 valence electrons. The summed E-state index contributed by atoms with van der Waals surface area (Å²) < 4.78 is 37.9. The van der Waals surface area contributed by atoms with Crippen LogP contribution >= 0.6 is 0 Å². The molecular weight excluding hydrogens is 369 g/mol. The van der Waals surface area contributed by atoms with E-state index in [2.05, 4.69) is 0 Å². The minimum Gasteiger partial charge on any atom is -0.481 e. The molecule has 1 amide bonds. The molecule has 7 nitrogen and oxygen atoms in total. The van der Waals surface area contributed by atoms with Crippen molar-refractivity contribution in [1.82, 2.24) is 0 Å². The molecule has 1 aromatic rings. The Kier molecular flexibility index (Phi) is 4.41. The van der Waals surface area contributed by atoms with Gasteiger partial charge in [0.2, 0.25) is 5.91 Å². The number of carboxylic acid groups (broad SMARTS) is 2. The lowest BCUT2D eigenvalue weighted by Crippen LogP contribution is -2.41. The lowest BCUT2D eigenvalue weighted by atomic mass is 9.84. The van der Waals surface area contributed by atoms with E-state index in [-0.39, 0.29) is 18.5 Å². The summed E-state index contributed by atoms with van der Waals surface area (Å²) >= 11 is 0. The van der Waals surface area contributed by atoms with Crippen LogP contribution in [0.4, 0.5) is 18.9 Å². The molecule has 4 atom stereocenters. The molecule has 0 heterocycles. The zero-order valence-electron chi connectivity index (χ0n) is 13.9. The van der Waals surface area contributed by atoms with Gasteiger partial charge in [-0.2, -0.15) is 13.2 Å². The van der Waals surface area contributed by atoms with Crippen molar-refractivity contribution in [2.75, 3.05) is 5.01 Å². The zero-order chi connectivity index (χ0) is 20.1. The van der Waals surface area contributed by atoms with Gasteiger partial charge in [-0.3, -0.25) is 14.4 Å². The predicted octanol–water partition coefficient (Wildman–Crippen LogP) is 2.11. The highest BCUT2D eigenvalue weighted by molar-refractivity contribution is 5.95. The summed E-state index contributed by atoms with van der Waals surface area (Å²) in [5, 5.41) is 19.4. The van der Waals surface area contributed by atoms with E-state index < -0.39 is 52.8 Å². The molecule has 4 unspecified atom stereocenters. The van der Waals surface area contributed by atoms with Crippen molar-refractivity contribution < 1.29 is 37.8 Å². The van der Waals surface area contributed by atoms with Crippen molar-refractivity contribution >= 4 is 23.5 Å². The average molecular weight is 386 g/mol. The first kappa shape index (κ1) is 19.2. The summed E-state index contributed by atoms with van der Waals surface area (Å²) in [4.78, 5) is 35.5. The molecule has 1 aromatic carbocycles. The van der Waals surface area contributed by atoms with E-state index in [1.807, 2.05) is 0 Å². The van der Waals surface area contributed by atoms with Crippen molar-refractivity contribution in [2.45, 2.75) is 25.4 Å². The second-order valence-corrected chi connectivity index (χ2v) is 6.99. The minimum absolute atomic E-state index is 0.00153. The minimum atomic E-state index is -4.53. The zero-order valence-corrected chi connectivity index (χ0v) is 13.9. The SMILES string of the molecule is NN(C(=O)CC12C(C(=O)O)CCC1C2C(=O)O)c1ccc(C(F)(F)F)cc1. The molecule has 4 N–H and O–H groups in total. The normalized spacial score (nSPS) is 29.1. The van der Waals surface area contributed by atoms with Gasteiger partial charge in [0.1, 0.15) is 0 Å². The fraction of sp³-hybridized carbons (Fsp3) is 0.471. The van der Waals surface area contributed by atoms with Gasteiger partial charge in [-0.05, 0) is 43.0 Å². The molecule has 0 radical (unpaired) electrons. The molecule has 2 aliphatic rings. The predicted molar refractivity (Wildman–Crippen MR) is 85.1 cm³/mol. The van der Waals surface area contributed by atoms with Gasteiger partial charge in [0, 0.05) is 11.8 Å². The third-order valence-electron chi connectivity index (χ3n) is 5.74. The number of carbonyl (C=O) groups excluding carboxylic acids is 1. The number of hydrazine groups is 1. The number of rotatable bonds is 5. The van der Waals surface area contributed by atoms with Gasteiger partial charge in [0.05, 0.1) is 23.1 Å². The maximum Gasteiger partial charge on any atom is 0.416 e. The average Bonchev–Trinajstić information content (AvgIpc) is 3.06. The smallest absolute Gasteiger partial charge is 0.416 e. The first-order valence-electron chi connectivity index (χ1n) is 8.20. The molecule has 0 bridgehead atoms. The van der Waals surface area contributed by atoms with E-state index in [9.17, 15) is 37.8 Å². The Bertz CT molecular complexity index is 795. The summed E-state index contributed by atoms with van der Waals surface area (Å²) in [7, 11) is 0. The Hall–Kier alpha value is -2.62. The van der Waals surface area contributed by atoms with E-state index in [1.54, 1.807) is 0 Å². The first-order valence-corrected chi connectivity index (χ1v) is 8.20. The fourth-order valence-electron chi connectivity index (χ4n) is 4.49. The second kappa shape index (κ2) is 6.22. The largest absolute Gasteiger partial charge is 0.481 e. The molecule has 0 spiro atoms. The number of hydrogen-bond acceptors (Lipinski definition) is 4. The van der Waals surface area contributed by atoms with Gasteiger partial charge in [-0.1, -0.05) is 0 Å². The van der Waals surface area contributed by atoms with Crippen molar-refractivity contribution in [3.63, 3.8) is 0 Å². The molecule has 0 aliphatic heterocycles. The number of nitrogens with two attached hydrogens (primary N) is 1. The molecule has 10 heteroatoms. The third-order valence-corrected chi connectivity index (χ3v) is 5.74. The number of fused-ring (bicyclic) bond motifs is 1. The molecule has 0 saturated heterocycles. The molecule has 2 fully saturated rings. The number of carbonyl (C=O) groups is 3. The first-order chi connectivity index (χ1) is 12.5. The summed E-state index contributed by atoms with van der Waals surface area (Å²) in [6.45, 7) is 0. The number of benzene rings is 1. The monoisotopic (exact) mass is 386 g/mol. The second-order valence-electron chi connectivity index (χ2n) is 6.99. The molecule has 27 heavy (non-hydrogen) atoms. The van der Waals surface area contributed by atoms with Gasteiger partial charge in [-0.15, -0.1) is 0 Å². The Morgan fingerprint density at radius 3 is 2.15 bits per heavy atom. The molecule has 0 aromatic heterocycles. The highest BCUT2D eigenvalue weighted by Crippen LogP contribution is 2.73.